The largest absolute Gasteiger partial charge is 0.452 e. The molecule has 1 amide bonds. The van der Waals surface area contributed by atoms with Crippen molar-refractivity contribution in [3.63, 3.8) is 0 Å². The van der Waals surface area contributed by atoms with Crippen LogP contribution in [0, 0.1) is 0 Å². The molecule has 5 nitrogen and oxygen atoms in total. The van der Waals surface area contributed by atoms with Gasteiger partial charge in [0.15, 0.2) is 6.61 Å². The summed E-state index contributed by atoms with van der Waals surface area (Å²) in [5.41, 5.74) is 0.964. The van der Waals surface area contributed by atoms with Crippen LogP contribution in [0.2, 0.25) is 5.02 Å². The van der Waals surface area contributed by atoms with Gasteiger partial charge < -0.3 is 10.1 Å². The molecule has 7 heteroatoms. The average Bonchev–Trinajstić information content (AvgIpc) is 2.59. The number of halogens is 1. The zero-order valence-corrected chi connectivity index (χ0v) is 15.4. The predicted molar refractivity (Wildman–Crippen MR) is 97.1 cm³/mol. The zero-order valence-electron chi connectivity index (χ0n) is 13.8. The molecule has 0 aliphatic heterocycles. The molecule has 0 heterocycles. The van der Waals surface area contributed by atoms with E-state index in [9.17, 15) is 13.8 Å². The molecule has 0 radical (unpaired) electrons. The fourth-order valence-corrected chi connectivity index (χ4v) is 3.31. The Morgan fingerprint density at radius 1 is 1.16 bits per heavy atom. The third kappa shape index (κ3) is 5.14. The van der Waals surface area contributed by atoms with Gasteiger partial charge in [-0.2, -0.15) is 0 Å². The summed E-state index contributed by atoms with van der Waals surface area (Å²) >= 11 is 6.09. The van der Waals surface area contributed by atoms with Crippen LogP contribution in [0.4, 0.5) is 0 Å². The van der Waals surface area contributed by atoms with E-state index in [0.717, 1.165) is 5.56 Å². The second kappa shape index (κ2) is 8.78. The molecule has 2 atom stereocenters. The maximum atomic E-state index is 12.1. The molecule has 132 valence electrons. The number of hydrogen-bond donors (Lipinski definition) is 1. The Kier molecular flexibility index (Phi) is 6.73. The summed E-state index contributed by atoms with van der Waals surface area (Å²) in [5.74, 6) is -1.14. The number of ether oxygens (including phenoxy) is 1. The van der Waals surface area contributed by atoms with Crippen LogP contribution < -0.4 is 5.32 Å². The molecule has 0 aliphatic carbocycles. The van der Waals surface area contributed by atoms with Gasteiger partial charge in [0.05, 0.1) is 27.3 Å². The Morgan fingerprint density at radius 3 is 2.48 bits per heavy atom. The number of hydrogen-bond acceptors (Lipinski definition) is 4. The van der Waals surface area contributed by atoms with Gasteiger partial charge in [-0.1, -0.05) is 41.9 Å². The minimum absolute atomic E-state index is 0.190. The maximum Gasteiger partial charge on any atom is 0.339 e. The second-order valence-electron chi connectivity index (χ2n) is 5.34. The van der Waals surface area contributed by atoms with E-state index in [1.54, 1.807) is 37.3 Å². The van der Waals surface area contributed by atoms with Crippen LogP contribution in [0.15, 0.2) is 53.4 Å². The molecule has 0 spiro atoms. The molecular weight excluding hydrogens is 362 g/mol. The predicted octanol–water partition coefficient (Wildman–Crippen LogP) is 3.11. The number of amides is 1. The molecular formula is C18H18ClNO4S. The minimum Gasteiger partial charge on any atom is -0.452 e. The van der Waals surface area contributed by atoms with Crippen LogP contribution in [-0.4, -0.2) is 28.9 Å². The van der Waals surface area contributed by atoms with E-state index >= 15 is 0 Å². The van der Waals surface area contributed by atoms with Gasteiger partial charge in [-0.25, -0.2) is 4.79 Å². The summed E-state index contributed by atoms with van der Waals surface area (Å²) in [6.45, 7) is 1.36. The fraction of sp³-hybridized carbons (Fsp3) is 0.222. The van der Waals surface area contributed by atoms with Crippen molar-refractivity contribution in [2.24, 2.45) is 0 Å². The molecule has 2 rings (SSSR count). The number of carbonyl (C=O) groups excluding carboxylic acids is 2. The van der Waals surface area contributed by atoms with Gasteiger partial charge in [-0.05, 0) is 30.7 Å². The SMILES string of the molecule is C[C@H](NC(=O)COC(=O)c1ccccc1[S@@](C)=O)c1ccccc1Cl. The Labute approximate surface area is 153 Å². The lowest BCUT2D eigenvalue weighted by atomic mass is 10.1. The molecule has 0 saturated carbocycles. The van der Waals surface area contributed by atoms with E-state index in [2.05, 4.69) is 5.32 Å². The number of benzene rings is 2. The first-order valence-electron chi connectivity index (χ1n) is 7.53. The van der Waals surface area contributed by atoms with Gasteiger partial charge in [-0.3, -0.25) is 9.00 Å². The lowest BCUT2D eigenvalue weighted by molar-refractivity contribution is -0.124. The minimum atomic E-state index is -1.33. The van der Waals surface area contributed by atoms with Crippen LogP contribution in [0.5, 0.6) is 0 Å². The molecule has 1 N–H and O–H groups in total. The van der Waals surface area contributed by atoms with Crippen molar-refractivity contribution in [2.45, 2.75) is 17.9 Å². The van der Waals surface area contributed by atoms with E-state index in [0.29, 0.717) is 9.92 Å². The van der Waals surface area contributed by atoms with Crippen molar-refractivity contribution in [3.8, 4) is 0 Å². The highest BCUT2D eigenvalue weighted by Crippen LogP contribution is 2.22. The van der Waals surface area contributed by atoms with Gasteiger partial charge in [0.25, 0.3) is 5.91 Å². The first-order valence-corrected chi connectivity index (χ1v) is 9.47. The fourth-order valence-electron chi connectivity index (χ4n) is 2.28. The van der Waals surface area contributed by atoms with E-state index < -0.39 is 29.3 Å². The molecule has 2 aromatic rings. The molecule has 0 aliphatic rings. The first-order chi connectivity index (χ1) is 11.9. The highest BCUT2D eigenvalue weighted by Gasteiger charge is 2.17. The van der Waals surface area contributed by atoms with Gasteiger partial charge in [0.1, 0.15) is 0 Å². The van der Waals surface area contributed by atoms with Crippen molar-refractivity contribution in [3.05, 3.63) is 64.7 Å². The number of carbonyl (C=O) groups is 2. The number of esters is 1. The van der Waals surface area contributed by atoms with Gasteiger partial charge >= 0.3 is 5.97 Å². The summed E-state index contributed by atoms with van der Waals surface area (Å²) in [7, 11) is -1.33. The standard InChI is InChI=1S/C18H18ClNO4S/c1-12(13-7-3-5-9-15(13)19)20-17(21)11-24-18(22)14-8-4-6-10-16(14)25(2)23/h3-10,12H,11H2,1-2H3,(H,20,21)/t12-,25+/m0/s1. The first kappa shape index (κ1) is 19.1. The normalized spacial score (nSPS) is 12.9. The Balaban J connectivity index is 1.95. The van der Waals surface area contributed by atoms with Crippen LogP contribution in [0.25, 0.3) is 0 Å². The van der Waals surface area contributed by atoms with Crippen molar-refractivity contribution in [1.29, 1.82) is 0 Å². The highest BCUT2D eigenvalue weighted by molar-refractivity contribution is 7.84. The molecule has 2 aromatic carbocycles. The maximum absolute atomic E-state index is 12.1. The van der Waals surface area contributed by atoms with Gasteiger partial charge in [-0.15, -0.1) is 0 Å². The van der Waals surface area contributed by atoms with Crippen LogP contribution in [0.1, 0.15) is 28.9 Å². The third-order valence-electron chi connectivity index (χ3n) is 3.50. The van der Waals surface area contributed by atoms with Crippen molar-refractivity contribution in [2.75, 3.05) is 12.9 Å². The number of nitrogens with one attached hydrogen (secondary N) is 1. The van der Waals surface area contributed by atoms with Crippen LogP contribution >= 0.6 is 11.6 Å². The molecule has 0 fully saturated rings. The van der Waals surface area contributed by atoms with Crippen LogP contribution in [-0.2, 0) is 20.3 Å². The summed E-state index contributed by atoms with van der Waals surface area (Å²) in [4.78, 5) is 24.5. The summed E-state index contributed by atoms with van der Waals surface area (Å²) in [5, 5.41) is 3.27. The molecule has 25 heavy (non-hydrogen) atoms. The summed E-state index contributed by atoms with van der Waals surface area (Å²) < 4.78 is 16.7. The number of rotatable bonds is 6. The van der Waals surface area contributed by atoms with E-state index in [1.165, 1.54) is 12.3 Å². The molecule has 0 saturated heterocycles. The Bertz CT molecular complexity index is 809. The lowest BCUT2D eigenvalue weighted by Crippen LogP contribution is -2.31. The van der Waals surface area contributed by atoms with Crippen LogP contribution in [0.3, 0.4) is 0 Å². The van der Waals surface area contributed by atoms with E-state index in [4.69, 9.17) is 16.3 Å². The van der Waals surface area contributed by atoms with Crippen molar-refractivity contribution >= 4 is 34.3 Å². The third-order valence-corrected chi connectivity index (χ3v) is 4.82. The van der Waals surface area contributed by atoms with Crippen molar-refractivity contribution in [1.82, 2.24) is 5.32 Å². The monoisotopic (exact) mass is 379 g/mol. The molecule has 0 aromatic heterocycles. The van der Waals surface area contributed by atoms with Gasteiger partial charge in [0.2, 0.25) is 0 Å². The van der Waals surface area contributed by atoms with E-state index in [-0.39, 0.29) is 11.6 Å². The van der Waals surface area contributed by atoms with Crippen molar-refractivity contribution < 1.29 is 18.5 Å². The van der Waals surface area contributed by atoms with Gasteiger partial charge in [0, 0.05) is 11.3 Å². The molecule has 0 bridgehead atoms. The highest BCUT2D eigenvalue weighted by atomic mass is 35.5. The Hall–Kier alpha value is -2.18. The smallest absolute Gasteiger partial charge is 0.339 e. The topological polar surface area (TPSA) is 72.5 Å². The van der Waals surface area contributed by atoms with E-state index in [1.807, 2.05) is 12.1 Å². The molecule has 0 unspecified atom stereocenters. The summed E-state index contributed by atoms with van der Waals surface area (Å²) in [6, 6.07) is 13.3. The average molecular weight is 380 g/mol. The summed E-state index contributed by atoms with van der Waals surface area (Å²) in [6.07, 6.45) is 1.48. The zero-order chi connectivity index (χ0) is 18.4. The Morgan fingerprint density at radius 2 is 1.80 bits per heavy atom. The quantitative estimate of drug-likeness (QED) is 0.783. The second-order valence-corrected chi connectivity index (χ2v) is 7.09. The lowest BCUT2D eigenvalue weighted by Gasteiger charge is -2.15.